The summed E-state index contributed by atoms with van der Waals surface area (Å²) in [5.41, 5.74) is -1.09. The van der Waals surface area contributed by atoms with E-state index in [-0.39, 0.29) is 18.4 Å². The molecule has 0 aromatic carbocycles. The fourth-order valence-corrected chi connectivity index (χ4v) is 5.45. The second-order valence-electron chi connectivity index (χ2n) is 9.40. The van der Waals surface area contributed by atoms with E-state index in [4.69, 9.17) is 0 Å². The highest BCUT2D eigenvalue weighted by molar-refractivity contribution is 5.86. The number of rotatable bonds is 4. The standard InChI is InChI=1S/C22H32N4O4/c1-16-12-26(21(30)23-19(16)28)14-18(27)25-11-9-22(15-25)8-5-10-24(20(22)29)13-17-6-3-2-4-7-17/h12,17H,2-11,13-15H2,1H3,(H,23,28,30)/t22-/m1/s1. The highest BCUT2D eigenvalue weighted by Crippen LogP contribution is 2.41. The lowest BCUT2D eigenvalue weighted by Crippen LogP contribution is -2.52. The number of nitrogens with one attached hydrogen (secondary N) is 1. The van der Waals surface area contributed by atoms with Crippen LogP contribution in [0.4, 0.5) is 0 Å². The van der Waals surface area contributed by atoms with Gasteiger partial charge in [0.05, 0.1) is 5.41 Å². The maximum absolute atomic E-state index is 13.4. The van der Waals surface area contributed by atoms with Crippen LogP contribution in [0.5, 0.6) is 0 Å². The average Bonchev–Trinajstić information content (AvgIpc) is 3.16. The van der Waals surface area contributed by atoms with Gasteiger partial charge in [-0.25, -0.2) is 4.79 Å². The minimum absolute atomic E-state index is 0.119. The molecule has 8 nitrogen and oxygen atoms in total. The zero-order valence-corrected chi connectivity index (χ0v) is 17.8. The second-order valence-corrected chi connectivity index (χ2v) is 9.40. The monoisotopic (exact) mass is 416 g/mol. The van der Waals surface area contributed by atoms with Gasteiger partial charge in [-0.05, 0) is 44.9 Å². The first-order valence-electron chi connectivity index (χ1n) is 11.3. The third-order valence-electron chi connectivity index (χ3n) is 7.23. The molecule has 3 aliphatic rings. The molecule has 1 saturated carbocycles. The Morgan fingerprint density at radius 1 is 1.10 bits per heavy atom. The molecule has 1 N–H and O–H groups in total. The van der Waals surface area contributed by atoms with E-state index >= 15 is 0 Å². The molecule has 2 amide bonds. The van der Waals surface area contributed by atoms with Crippen molar-refractivity contribution in [1.29, 1.82) is 0 Å². The topological polar surface area (TPSA) is 95.5 Å². The predicted octanol–water partition coefficient (Wildman–Crippen LogP) is 1.27. The van der Waals surface area contributed by atoms with Crippen LogP contribution in [0.2, 0.25) is 0 Å². The summed E-state index contributed by atoms with van der Waals surface area (Å²) >= 11 is 0. The van der Waals surface area contributed by atoms with Gasteiger partial charge in [0.2, 0.25) is 11.8 Å². The minimum Gasteiger partial charge on any atom is -0.342 e. The van der Waals surface area contributed by atoms with E-state index in [0.717, 1.165) is 25.9 Å². The number of hydrogen-bond acceptors (Lipinski definition) is 4. The molecule has 1 aliphatic carbocycles. The molecule has 8 heteroatoms. The van der Waals surface area contributed by atoms with Gasteiger partial charge in [-0.15, -0.1) is 0 Å². The zero-order chi connectivity index (χ0) is 21.3. The second kappa shape index (κ2) is 8.40. The van der Waals surface area contributed by atoms with E-state index in [9.17, 15) is 19.2 Å². The Labute approximate surface area is 176 Å². The smallest absolute Gasteiger partial charge is 0.328 e. The number of piperidine rings is 1. The van der Waals surface area contributed by atoms with Gasteiger partial charge in [0.15, 0.2) is 0 Å². The largest absolute Gasteiger partial charge is 0.342 e. The molecule has 3 heterocycles. The molecule has 2 saturated heterocycles. The summed E-state index contributed by atoms with van der Waals surface area (Å²) in [5, 5.41) is 0. The SMILES string of the molecule is Cc1cn(CC(=O)N2CC[C@]3(CCCN(CC4CCCCC4)C3=O)C2)c(=O)[nH]c1=O. The average molecular weight is 417 g/mol. The van der Waals surface area contributed by atoms with Crippen LogP contribution < -0.4 is 11.2 Å². The summed E-state index contributed by atoms with van der Waals surface area (Å²) in [4.78, 5) is 55.8. The van der Waals surface area contributed by atoms with Crippen molar-refractivity contribution in [3.05, 3.63) is 32.6 Å². The number of likely N-dealkylation sites (tertiary alicyclic amines) is 2. The molecule has 4 rings (SSSR count). The number of hydrogen-bond donors (Lipinski definition) is 1. The Balaban J connectivity index is 1.41. The molecule has 3 fully saturated rings. The fourth-order valence-electron chi connectivity index (χ4n) is 5.45. The first-order chi connectivity index (χ1) is 14.4. The third-order valence-corrected chi connectivity index (χ3v) is 7.23. The van der Waals surface area contributed by atoms with Crippen LogP contribution in [0.15, 0.2) is 15.8 Å². The lowest BCUT2D eigenvalue weighted by molar-refractivity contribution is -0.147. The number of aromatic amines is 1. The molecule has 0 radical (unpaired) electrons. The van der Waals surface area contributed by atoms with Crippen LogP contribution in [-0.2, 0) is 16.1 Å². The van der Waals surface area contributed by atoms with E-state index < -0.39 is 16.7 Å². The molecule has 1 atom stereocenters. The Morgan fingerprint density at radius 2 is 1.87 bits per heavy atom. The summed E-state index contributed by atoms with van der Waals surface area (Å²) < 4.78 is 1.24. The maximum atomic E-state index is 13.4. The summed E-state index contributed by atoms with van der Waals surface area (Å²) in [6, 6.07) is 0. The molecule has 164 valence electrons. The van der Waals surface area contributed by atoms with Crippen LogP contribution in [-0.4, -0.2) is 57.3 Å². The van der Waals surface area contributed by atoms with Crippen LogP contribution >= 0.6 is 0 Å². The van der Waals surface area contributed by atoms with Crippen LogP contribution in [0.25, 0.3) is 0 Å². The Hall–Kier alpha value is -2.38. The molecule has 0 unspecified atom stereocenters. The minimum atomic E-state index is -0.583. The lowest BCUT2D eigenvalue weighted by Gasteiger charge is -2.41. The van der Waals surface area contributed by atoms with E-state index in [1.54, 1.807) is 11.8 Å². The molecule has 1 aromatic heterocycles. The van der Waals surface area contributed by atoms with Crippen molar-refractivity contribution in [2.45, 2.75) is 64.8 Å². The quantitative estimate of drug-likeness (QED) is 0.800. The molecule has 0 bridgehead atoms. The summed E-state index contributed by atoms with van der Waals surface area (Å²) in [5.74, 6) is 0.650. The number of carbonyl (C=O) groups is 2. The van der Waals surface area contributed by atoms with E-state index in [1.165, 1.54) is 42.9 Å². The zero-order valence-electron chi connectivity index (χ0n) is 17.8. The van der Waals surface area contributed by atoms with Gasteiger partial charge < -0.3 is 9.80 Å². The van der Waals surface area contributed by atoms with Crippen molar-refractivity contribution in [2.75, 3.05) is 26.2 Å². The van der Waals surface area contributed by atoms with Crippen molar-refractivity contribution in [3.8, 4) is 0 Å². The third kappa shape index (κ3) is 4.09. The van der Waals surface area contributed by atoms with Gasteiger partial charge in [0, 0.05) is 37.9 Å². The first-order valence-corrected chi connectivity index (χ1v) is 11.3. The van der Waals surface area contributed by atoms with E-state index in [2.05, 4.69) is 9.88 Å². The number of aryl methyl sites for hydroxylation is 1. The van der Waals surface area contributed by atoms with Gasteiger partial charge in [-0.2, -0.15) is 0 Å². The van der Waals surface area contributed by atoms with Crippen molar-refractivity contribution in [3.63, 3.8) is 0 Å². The Kier molecular flexibility index (Phi) is 5.84. The number of H-pyrrole nitrogens is 1. The first kappa shape index (κ1) is 20.9. The summed E-state index contributed by atoms with van der Waals surface area (Å²) in [6.07, 6.45) is 10.2. The number of aromatic nitrogens is 2. The van der Waals surface area contributed by atoms with Crippen LogP contribution in [0, 0.1) is 18.3 Å². The molecule has 30 heavy (non-hydrogen) atoms. The van der Waals surface area contributed by atoms with Crippen molar-refractivity contribution >= 4 is 11.8 Å². The van der Waals surface area contributed by atoms with Gasteiger partial charge in [-0.3, -0.25) is 23.9 Å². The molecule has 1 aromatic rings. The van der Waals surface area contributed by atoms with Gasteiger partial charge in [0.1, 0.15) is 6.54 Å². The number of nitrogens with zero attached hydrogens (tertiary/aromatic N) is 3. The van der Waals surface area contributed by atoms with Gasteiger partial charge >= 0.3 is 5.69 Å². The lowest BCUT2D eigenvalue weighted by atomic mass is 9.77. The Bertz CT molecular complexity index is 930. The summed E-state index contributed by atoms with van der Waals surface area (Å²) in [6.45, 7) is 4.15. The fraction of sp³-hybridized carbons (Fsp3) is 0.727. The number of amides is 2. The highest BCUT2D eigenvalue weighted by atomic mass is 16.2. The van der Waals surface area contributed by atoms with Crippen LogP contribution in [0.1, 0.15) is 56.9 Å². The highest BCUT2D eigenvalue weighted by Gasteiger charge is 2.49. The summed E-state index contributed by atoms with van der Waals surface area (Å²) in [7, 11) is 0. The normalized spacial score (nSPS) is 25.3. The molecular weight excluding hydrogens is 384 g/mol. The van der Waals surface area contributed by atoms with E-state index in [0.29, 0.717) is 31.0 Å². The number of carbonyl (C=O) groups excluding carboxylic acids is 2. The van der Waals surface area contributed by atoms with Crippen molar-refractivity contribution < 1.29 is 9.59 Å². The predicted molar refractivity (Wildman–Crippen MR) is 112 cm³/mol. The maximum Gasteiger partial charge on any atom is 0.328 e. The van der Waals surface area contributed by atoms with Crippen molar-refractivity contribution in [1.82, 2.24) is 19.4 Å². The van der Waals surface area contributed by atoms with Gasteiger partial charge in [-0.1, -0.05) is 19.3 Å². The van der Waals surface area contributed by atoms with Gasteiger partial charge in [0.25, 0.3) is 5.56 Å². The van der Waals surface area contributed by atoms with E-state index in [1.807, 2.05) is 0 Å². The van der Waals surface area contributed by atoms with Crippen LogP contribution in [0.3, 0.4) is 0 Å². The molecule has 2 aliphatic heterocycles. The molecule has 1 spiro atoms. The van der Waals surface area contributed by atoms with Crippen molar-refractivity contribution in [2.24, 2.45) is 11.3 Å². The Morgan fingerprint density at radius 3 is 2.63 bits per heavy atom. The molecular formula is C22H32N4O4.